The molecule has 0 saturated carbocycles. The van der Waals surface area contributed by atoms with Gasteiger partial charge in [-0.3, -0.25) is 0 Å². The summed E-state index contributed by atoms with van der Waals surface area (Å²) in [6.07, 6.45) is 0.575. The molecule has 0 aliphatic rings. The molecule has 30 heavy (non-hydrogen) atoms. The Hall–Kier alpha value is -2.36. The van der Waals surface area contributed by atoms with Crippen LogP contribution in [0.1, 0.15) is 29.5 Å². The average molecular weight is 459 g/mol. The number of hydrogen-bond acceptors (Lipinski definition) is 3. The van der Waals surface area contributed by atoms with Crippen molar-refractivity contribution < 1.29 is 8.42 Å². The summed E-state index contributed by atoms with van der Waals surface area (Å²) in [7, 11) is -3.77. The lowest BCUT2D eigenvalue weighted by atomic mass is 9.86. The van der Waals surface area contributed by atoms with Crippen molar-refractivity contribution in [1.29, 1.82) is 5.26 Å². The summed E-state index contributed by atoms with van der Waals surface area (Å²) < 4.78 is 28.6. The Morgan fingerprint density at radius 2 is 1.67 bits per heavy atom. The van der Waals surface area contributed by atoms with E-state index in [0.717, 1.165) is 11.1 Å². The number of nitrogens with one attached hydrogen (secondary N) is 1. The zero-order valence-corrected chi connectivity index (χ0v) is 18.5. The second-order valence-corrected chi connectivity index (χ2v) is 9.63. The van der Waals surface area contributed by atoms with E-state index in [0.29, 0.717) is 22.0 Å². The highest BCUT2D eigenvalue weighted by Gasteiger charge is 2.26. The summed E-state index contributed by atoms with van der Waals surface area (Å²) >= 11 is 12.0. The van der Waals surface area contributed by atoms with Crippen LogP contribution in [0.25, 0.3) is 0 Å². The summed E-state index contributed by atoms with van der Waals surface area (Å²) in [6.45, 7) is 1.82. The normalized spacial score (nSPS) is 13.4. The molecule has 0 saturated heterocycles. The van der Waals surface area contributed by atoms with Crippen molar-refractivity contribution in [2.45, 2.75) is 30.2 Å². The molecule has 0 aliphatic heterocycles. The van der Waals surface area contributed by atoms with Gasteiger partial charge >= 0.3 is 0 Å². The highest BCUT2D eigenvalue weighted by Crippen LogP contribution is 2.27. The van der Waals surface area contributed by atoms with Crippen LogP contribution in [0.5, 0.6) is 0 Å². The van der Waals surface area contributed by atoms with Crippen LogP contribution < -0.4 is 4.72 Å². The maximum absolute atomic E-state index is 12.9. The van der Waals surface area contributed by atoms with Crippen molar-refractivity contribution in [2.75, 3.05) is 0 Å². The first-order valence-electron chi connectivity index (χ1n) is 9.31. The van der Waals surface area contributed by atoms with Crippen LogP contribution in [0, 0.1) is 11.3 Å². The molecule has 0 bridgehead atoms. The molecule has 154 valence electrons. The molecule has 3 aromatic rings. The van der Waals surface area contributed by atoms with Gasteiger partial charge in [0.25, 0.3) is 0 Å². The molecule has 3 aromatic carbocycles. The standard InChI is InChI=1S/C23H20Cl2N2O2S/c1-16(27-30(28,29)22-7-3-6-21(25)14-22)23(13-17-8-10-20(24)11-9-17)19-5-2-4-18(12-19)15-26/h2-12,14,16,23,27H,13H2,1H3/t16-,23+/m0/s1. The Balaban J connectivity index is 1.94. The Kier molecular flexibility index (Phi) is 7.17. The first-order chi connectivity index (χ1) is 14.3. The van der Waals surface area contributed by atoms with Crippen molar-refractivity contribution in [2.24, 2.45) is 0 Å². The number of hydrogen-bond donors (Lipinski definition) is 1. The van der Waals surface area contributed by atoms with Gasteiger partial charge in [-0.1, -0.05) is 53.5 Å². The second kappa shape index (κ2) is 9.63. The van der Waals surface area contributed by atoms with Gasteiger partial charge in [-0.25, -0.2) is 13.1 Å². The van der Waals surface area contributed by atoms with Crippen LogP contribution in [0.3, 0.4) is 0 Å². The number of rotatable bonds is 7. The van der Waals surface area contributed by atoms with E-state index in [4.69, 9.17) is 23.2 Å². The van der Waals surface area contributed by atoms with Crippen molar-refractivity contribution in [3.05, 3.63) is 99.5 Å². The maximum atomic E-state index is 12.9. The molecule has 0 radical (unpaired) electrons. The first kappa shape index (κ1) is 22.3. The van der Waals surface area contributed by atoms with Gasteiger partial charge in [0, 0.05) is 22.0 Å². The van der Waals surface area contributed by atoms with Crippen LogP contribution in [-0.2, 0) is 16.4 Å². The van der Waals surface area contributed by atoms with Gasteiger partial charge in [0.1, 0.15) is 0 Å². The van der Waals surface area contributed by atoms with Gasteiger partial charge in [0.05, 0.1) is 16.5 Å². The minimum absolute atomic E-state index is 0.109. The molecule has 0 amide bonds. The summed E-state index contributed by atoms with van der Waals surface area (Å²) in [5.74, 6) is -0.201. The fourth-order valence-electron chi connectivity index (χ4n) is 3.33. The van der Waals surface area contributed by atoms with Crippen molar-refractivity contribution in [3.63, 3.8) is 0 Å². The Bertz CT molecular complexity index is 1170. The SMILES string of the molecule is C[C@H](NS(=O)(=O)c1cccc(Cl)c1)[C@@H](Cc1ccc(Cl)cc1)c1cccc(C#N)c1. The van der Waals surface area contributed by atoms with Crippen LogP contribution in [0.15, 0.2) is 77.7 Å². The molecular formula is C23H20Cl2N2O2S. The van der Waals surface area contributed by atoms with Crippen LogP contribution >= 0.6 is 23.2 Å². The molecule has 1 N–H and O–H groups in total. The third-order valence-corrected chi connectivity index (χ3v) is 6.91. The van der Waals surface area contributed by atoms with Gasteiger partial charge in [-0.2, -0.15) is 5.26 Å². The van der Waals surface area contributed by atoms with E-state index in [-0.39, 0.29) is 10.8 Å². The molecule has 4 nitrogen and oxygen atoms in total. The van der Waals surface area contributed by atoms with E-state index in [1.54, 1.807) is 42.5 Å². The lowest BCUT2D eigenvalue weighted by Crippen LogP contribution is -2.37. The predicted molar refractivity (Wildman–Crippen MR) is 120 cm³/mol. The molecular weight excluding hydrogens is 439 g/mol. The highest BCUT2D eigenvalue weighted by atomic mass is 35.5. The fourth-order valence-corrected chi connectivity index (χ4v) is 5.04. The molecule has 0 unspecified atom stereocenters. The van der Waals surface area contributed by atoms with Crippen molar-refractivity contribution in [3.8, 4) is 6.07 Å². The Morgan fingerprint density at radius 1 is 0.967 bits per heavy atom. The Labute approximate surface area is 187 Å². The minimum atomic E-state index is -3.77. The first-order valence-corrected chi connectivity index (χ1v) is 11.5. The Morgan fingerprint density at radius 3 is 2.33 bits per heavy atom. The van der Waals surface area contributed by atoms with E-state index in [9.17, 15) is 13.7 Å². The number of sulfonamides is 1. The van der Waals surface area contributed by atoms with Crippen LogP contribution in [-0.4, -0.2) is 14.5 Å². The smallest absolute Gasteiger partial charge is 0.208 e. The number of nitrogens with zero attached hydrogens (tertiary/aromatic N) is 1. The predicted octanol–water partition coefficient (Wildman–Crippen LogP) is 5.56. The van der Waals surface area contributed by atoms with E-state index < -0.39 is 16.1 Å². The zero-order valence-electron chi connectivity index (χ0n) is 16.2. The van der Waals surface area contributed by atoms with E-state index >= 15 is 0 Å². The lowest BCUT2D eigenvalue weighted by molar-refractivity contribution is 0.503. The quantitative estimate of drug-likeness (QED) is 0.503. The molecule has 0 aromatic heterocycles. The van der Waals surface area contributed by atoms with Gasteiger partial charge < -0.3 is 0 Å². The van der Waals surface area contributed by atoms with E-state index in [1.165, 1.54) is 12.1 Å². The fraction of sp³-hybridized carbons (Fsp3) is 0.174. The summed E-state index contributed by atoms with van der Waals surface area (Å²) in [4.78, 5) is 0.109. The van der Waals surface area contributed by atoms with E-state index in [1.807, 2.05) is 25.1 Å². The van der Waals surface area contributed by atoms with Crippen molar-refractivity contribution >= 4 is 33.2 Å². The van der Waals surface area contributed by atoms with Crippen LogP contribution in [0.2, 0.25) is 10.0 Å². The summed E-state index contributed by atoms with van der Waals surface area (Å²) in [6, 6.07) is 22.5. The third kappa shape index (κ3) is 5.62. The summed E-state index contributed by atoms with van der Waals surface area (Å²) in [5, 5.41) is 10.3. The lowest BCUT2D eigenvalue weighted by Gasteiger charge is -2.26. The highest BCUT2D eigenvalue weighted by molar-refractivity contribution is 7.89. The molecule has 0 aliphatic carbocycles. The number of nitriles is 1. The second-order valence-electron chi connectivity index (χ2n) is 7.04. The monoisotopic (exact) mass is 458 g/mol. The topological polar surface area (TPSA) is 70.0 Å². The molecule has 7 heteroatoms. The number of benzene rings is 3. The van der Waals surface area contributed by atoms with Gasteiger partial charge in [-0.05, 0) is 66.9 Å². The largest absolute Gasteiger partial charge is 0.240 e. The van der Waals surface area contributed by atoms with Gasteiger partial charge in [-0.15, -0.1) is 0 Å². The molecule has 3 rings (SSSR count). The van der Waals surface area contributed by atoms with Crippen LogP contribution in [0.4, 0.5) is 0 Å². The third-order valence-electron chi connectivity index (χ3n) is 4.86. The molecule has 2 atom stereocenters. The van der Waals surface area contributed by atoms with E-state index in [2.05, 4.69) is 10.8 Å². The van der Waals surface area contributed by atoms with Gasteiger partial charge in [0.2, 0.25) is 10.0 Å². The molecule has 0 fully saturated rings. The minimum Gasteiger partial charge on any atom is -0.208 e. The molecule has 0 heterocycles. The van der Waals surface area contributed by atoms with Crippen molar-refractivity contribution in [1.82, 2.24) is 4.72 Å². The molecule has 0 spiro atoms. The average Bonchev–Trinajstić information content (AvgIpc) is 2.73. The maximum Gasteiger partial charge on any atom is 0.240 e. The zero-order chi connectivity index (χ0) is 21.7. The summed E-state index contributed by atoms with van der Waals surface area (Å²) in [5.41, 5.74) is 2.42. The number of halogens is 2. The van der Waals surface area contributed by atoms with Gasteiger partial charge in [0.15, 0.2) is 0 Å².